The fraction of sp³-hybridized carbons (Fsp3) is 0.462. The zero-order chi connectivity index (χ0) is 13.3. The second kappa shape index (κ2) is 4.97. The number of amides is 1. The molecule has 1 saturated carbocycles. The molecule has 5 heteroatoms. The molecule has 1 amide bonds. The van der Waals surface area contributed by atoms with Gasteiger partial charge in [-0.25, -0.2) is 4.39 Å². The molecule has 1 unspecified atom stereocenters. The molecule has 1 aromatic rings. The molecular weight excluding hydrogens is 301 g/mol. The maximum Gasteiger partial charge on any atom is 0.251 e. The molecule has 0 bridgehead atoms. The summed E-state index contributed by atoms with van der Waals surface area (Å²) in [6.45, 7) is 1.74. The smallest absolute Gasteiger partial charge is 0.251 e. The Hall–Kier alpha value is -0.940. The van der Waals surface area contributed by atoms with E-state index in [0.29, 0.717) is 11.5 Å². The highest BCUT2D eigenvalue weighted by Gasteiger charge is 2.42. The summed E-state index contributed by atoms with van der Waals surface area (Å²) in [5.41, 5.74) is -0.207. The molecule has 0 radical (unpaired) electrons. The highest BCUT2D eigenvalue weighted by Crippen LogP contribution is 2.39. The lowest BCUT2D eigenvalue weighted by molar-refractivity contribution is 0.0824. The van der Waals surface area contributed by atoms with E-state index < -0.39 is 11.4 Å². The van der Waals surface area contributed by atoms with Gasteiger partial charge >= 0.3 is 0 Å². The van der Waals surface area contributed by atoms with Crippen LogP contribution < -0.4 is 5.32 Å². The van der Waals surface area contributed by atoms with Gasteiger partial charge in [0.1, 0.15) is 5.82 Å². The van der Waals surface area contributed by atoms with Crippen molar-refractivity contribution in [1.82, 2.24) is 5.32 Å². The van der Waals surface area contributed by atoms with Gasteiger partial charge in [0.25, 0.3) is 5.91 Å². The summed E-state index contributed by atoms with van der Waals surface area (Å²) in [5.74, 6) is -0.367. The number of hydrogen-bond acceptors (Lipinski definition) is 2. The van der Waals surface area contributed by atoms with E-state index in [4.69, 9.17) is 0 Å². The van der Waals surface area contributed by atoms with Crippen LogP contribution in [0.2, 0.25) is 0 Å². The summed E-state index contributed by atoms with van der Waals surface area (Å²) in [7, 11) is 0. The minimum Gasteiger partial charge on any atom is -0.394 e. The average Bonchev–Trinajstić information content (AvgIpc) is 3.16. The van der Waals surface area contributed by atoms with Crippen LogP contribution in [0.4, 0.5) is 4.39 Å². The maximum absolute atomic E-state index is 13.1. The van der Waals surface area contributed by atoms with Crippen LogP contribution >= 0.6 is 15.9 Å². The number of nitrogens with one attached hydrogen (secondary N) is 1. The summed E-state index contributed by atoms with van der Waals surface area (Å²) in [6, 6.07) is 4.11. The summed E-state index contributed by atoms with van der Waals surface area (Å²) >= 11 is 3.05. The van der Waals surface area contributed by atoms with Gasteiger partial charge in [-0.1, -0.05) is 0 Å². The lowest BCUT2D eigenvalue weighted by Gasteiger charge is -2.28. The van der Waals surface area contributed by atoms with Crippen molar-refractivity contribution < 1.29 is 14.3 Å². The first kappa shape index (κ1) is 13.5. The molecule has 0 aromatic heterocycles. The minimum atomic E-state index is -0.585. The molecule has 1 aromatic carbocycles. The number of carbonyl (C=O) groups is 1. The Morgan fingerprint density at radius 2 is 2.28 bits per heavy atom. The van der Waals surface area contributed by atoms with E-state index in [1.807, 2.05) is 6.92 Å². The molecule has 2 rings (SSSR count). The Labute approximate surface area is 114 Å². The summed E-state index contributed by atoms with van der Waals surface area (Å²) in [4.78, 5) is 12.0. The normalized spacial score (nSPS) is 18.2. The first-order chi connectivity index (χ1) is 8.46. The first-order valence-corrected chi connectivity index (χ1v) is 6.64. The molecule has 1 aliphatic carbocycles. The van der Waals surface area contributed by atoms with Crippen LogP contribution in [-0.4, -0.2) is 23.2 Å². The third-order valence-electron chi connectivity index (χ3n) is 3.39. The zero-order valence-electron chi connectivity index (χ0n) is 10.0. The van der Waals surface area contributed by atoms with Gasteiger partial charge in [0.2, 0.25) is 0 Å². The minimum absolute atomic E-state index is 0.0915. The molecule has 2 N–H and O–H groups in total. The summed E-state index contributed by atoms with van der Waals surface area (Å²) < 4.78 is 13.3. The van der Waals surface area contributed by atoms with E-state index >= 15 is 0 Å². The van der Waals surface area contributed by atoms with Gasteiger partial charge in [-0.3, -0.25) is 4.79 Å². The Morgan fingerprint density at radius 3 is 2.78 bits per heavy atom. The lowest BCUT2D eigenvalue weighted by atomic mass is 9.96. The molecule has 18 heavy (non-hydrogen) atoms. The van der Waals surface area contributed by atoms with Crippen LogP contribution in [-0.2, 0) is 0 Å². The highest BCUT2D eigenvalue weighted by atomic mass is 79.9. The Balaban J connectivity index is 2.13. The molecule has 0 spiro atoms. The summed E-state index contributed by atoms with van der Waals surface area (Å²) in [6.07, 6.45) is 2.04. The second-order valence-electron chi connectivity index (χ2n) is 4.93. The van der Waals surface area contributed by atoms with Gasteiger partial charge in [-0.15, -0.1) is 0 Å². The molecule has 1 fully saturated rings. The lowest BCUT2D eigenvalue weighted by Crippen LogP contribution is -2.50. The SMILES string of the molecule is CC(CO)(NC(=O)c1ccc(F)c(Br)c1)C1CC1. The number of hydrogen-bond donors (Lipinski definition) is 2. The van der Waals surface area contributed by atoms with Crippen LogP contribution in [0.3, 0.4) is 0 Å². The van der Waals surface area contributed by atoms with Crippen LogP contribution in [0.25, 0.3) is 0 Å². The number of aliphatic hydroxyl groups is 1. The van der Waals surface area contributed by atoms with Gasteiger partial charge in [0, 0.05) is 5.56 Å². The fourth-order valence-corrected chi connectivity index (χ4v) is 2.34. The number of rotatable bonds is 4. The van der Waals surface area contributed by atoms with Crippen molar-refractivity contribution in [2.75, 3.05) is 6.61 Å². The van der Waals surface area contributed by atoms with Crippen LogP contribution in [0, 0.1) is 11.7 Å². The molecule has 1 atom stereocenters. The third kappa shape index (κ3) is 2.72. The largest absolute Gasteiger partial charge is 0.394 e. The maximum atomic E-state index is 13.1. The topological polar surface area (TPSA) is 49.3 Å². The van der Waals surface area contributed by atoms with E-state index in [1.165, 1.54) is 18.2 Å². The highest BCUT2D eigenvalue weighted by molar-refractivity contribution is 9.10. The van der Waals surface area contributed by atoms with E-state index in [2.05, 4.69) is 21.2 Å². The van der Waals surface area contributed by atoms with Gasteiger partial charge in [0.15, 0.2) is 0 Å². The van der Waals surface area contributed by atoms with Crippen molar-refractivity contribution in [3.63, 3.8) is 0 Å². The molecule has 3 nitrogen and oxygen atoms in total. The van der Waals surface area contributed by atoms with Crippen molar-refractivity contribution in [1.29, 1.82) is 0 Å². The standard InChI is InChI=1S/C13H15BrFNO2/c1-13(7-17,9-3-4-9)16-12(18)8-2-5-11(15)10(14)6-8/h2,5-6,9,17H,3-4,7H2,1H3,(H,16,18). The van der Waals surface area contributed by atoms with Crippen LogP contribution in [0.15, 0.2) is 22.7 Å². The van der Waals surface area contributed by atoms with Crippen molar-refractivity contribution in [2.45, 2.75) is 25.3 Å². The Kier molecular flexibility index (Phi) is 3.73. The monoisotopic (exact) mass is 315 g/mol. The van der Waals surface area contributed by atoms with Crippen LogP contribution in [0.1, 0.15) is 30.1 Å². The van der Waals surface area contributed by atoms with E-state index in [9.17, 15) is 14.3 Å². The van der Waals surface area contributed by atoms with Gasteiger partial charge in [0.05, 0.1) is 16.6 Å². The molecular formula is C13H15BrFNO2. The predicted octanol–water partition coefficient (Wildman–Crippen LogP) is 2.48. The molecule has 0 aliphatic heterocycles. The van der Waals surface area contributed by atoms with Gasteiger partial charge in [-0.2, -0.15) is 0 Å². The van der Waals surface area contributed by atoms with E-state index in [-0.39, 0.29) is 17.0 Å². The van der Waals surface area contributed by atoms with Crippen molar-refractivity contribution >= 4 is 21.8 Å². The van der Waals surface area contributed by atoms with Crippen molar-refractivity contribution in [3.8, 4) is 0 Å². The number of aliphatic hydroxyl groups excluding tert-OH is 1. The average molecular weight is 316 g/mol. The molecule has 98 valence electrons. The quantitative estimate of drug-likeness (QED) is 0.896. The van der Waals surface area contributed by atoms with E-state index in [0.717, 1.165) is 12.8 Å². The van der Waals surface area contributed by atoms with Crippen molar-refractivity contribution in [2.24, 2.45) is 5.92 Å². The molecule has 0 saturated heterocycles. The number of halogens is 2. The molecule has 0 heterocycles. The predicted molar refractivity (Wildman–Crippen MR) is 69.8 cm³/mol. The molecule has 1 aliphatic rings. The number of benzene rings is 1. The zero-order valence-corrected chi connectivity index (χ0v) is 11.6. The van der Waals surface area contributed by atoms with Gasteiger partial charge < -0.3 is 10.4 Å². The summed E-state index contributed by atoms with van der Waals surface area (Å²) in [5, 5.41) is 12.2. The van der Waals surface area contributed by atoms with Gasteiger partial charge in [-0.05, 0) is 59.8 Å². The first-order valence-electron chi connectivity index (χ1n) is 5.85. The van der Waals surface area contributed by atoms with Crippen LogP contribution in [0.5, 0.6) is 0 Å². The van der Waals surface area contributed by atoms with Crippen molar-refractivity contribution in [3.05, 3.63) is 34.1 Å². The Morgan fingerprint density at radius 1 is 1.61 bits per heavy atom. The Bertz CT molecular complexity index is 476. The third-order valence-corrected chi connectivity index (χ3v) is 4.00. The van der Waals surface area contributed by atoms with E-state index in [1.54, 1.807) is 0 Å². The fourth-order valence-electron chi connectivity index (χ4n) is 1.96. The second-order valence-corrected chi connectivity index (χ2v) is 5.79. The number of carbonyl (C=O) groups excluding carboxylic acids is 1.